The van der Waals surface area contributed by atoms with Crippen molar-refractivity contribution in [2.24, 2.45) is 9.98 Å². The van der Waals surface area contributed by atoms with Crippen LogP contribution in [0.1, 0.15) is 5.56 Å². The van der Waals surface area contributed by atoms with Gasteiger partial charge in [0.2, 0.25) is 0 Å². The number of hydrogen-bond donors (Lipinski definition) is 0. The van der Waals surface area contributed by atoms with Gasteiger partial charge in [-0.15, -0.1) is 0 Å². The summed E-state index contributed by atoms with van der Waals surface area (Å²) >= 11 is 0. The molecule has 0 radical (unpaired) electrons. The summed E-state index contributed by atoms with van der Waals surface area (Å²) in [5.74, 6) is 0. The Labute approximate surface area is 74.3 Å². The van der Waals surface area contributed by atoms with Crippen LogP contribution in [-0.4, -0.2) is 22.2 Å². The molecule has 0 saturated carbocycles. The zero-order valence-corrected chi connectivity index (χ0v) is 6.75. The SMILES string of the molecule is C1=NC=Nc2cccn3ncc1c23. The lowest BCUT2D eigenvalue weighted by molar-refractivity contribution is 0.961. The largest absolute Gasteiger partial charge is 0.244 e. The zero-order valence-electron chi connectivity index (χ0n) is 6.75. The molecule has 2 aromatic heterocycles. The van der Waals surface area contributed by atoms with Crippen molar-refractivity contribution >= 4 is 23.8 Å². The maximum Gasteiger partial charge on any atom is 0.116 e. The summed E-state index contributed by atoms with van der Waals surface area (Å²) in [6.45, 7) is 0. The van der Waals surface area contributed by atoms with Crippen molar-refractivity contribution in [1.82, 2.24) is 9.61 Å². The van der Waals surface area contributed by atoms with Crippen LogP contribution in [-0.2, 0) is 0 Å². The first-order valence-corrected chi connectivity index (χ1v) is 3.97. The molecule has 13 heavy (non-hydrogen) atoms. The second-order valence-electron chi connectivity index (χ2n) is 2.81. The minimum Gasteiger partial charge on any atom is -0.244 e. The Bertz CT molecular complexity index is 521. The Morgan fingerprint density at radius 2 is 2.31 bits per heavy atom. The van der Waals surface area contributed by atoms with Crippen molar-refractivity contribution in [1.29, 1.82) is 0 Å². The molecule has 1 aliphatic rings. The highest BCUT2D eigenvalue weighted by Gasteiger charge is 2.07. The number of rotatable bonds is 0. The Hall–Kier alpha value is -1.97. The molecular formula is C9H6N4. The topological polar surface area (TPSA) is 42.0 Å². The molecule has 3 rings (SSSR count). The molecule has 0 spiro atoms. The molecule has 0 aliphatic carbocycles. The lowest BCUT2D eigenvalue weighted by Gasteiger charge is -1.96. The van der Waals surface area contributed by atoms with Gasteiger partial charge >= 0.3 is 0 Å². The number of pyridine rings is 1. The van der Waals surface area contributed by atoms with E-state index in [9.17, 15) is 0 Å². The van der Waals surface area contributed by atoms with E-state index in [1.54, 1.807) is 23.3 Å². The second-order valence-corrected chi connectivity index (χ2v) is 2.81. The zero-order chi connectivity index (χ0) is 8.67. The number of nitrogens with zero attached hydrogens (tertiary/aromatic N) is 4. The number of aliphatic imine (C=N–C) groups is 2. The second kappa shape index (κ2) is 2.26. The average molecular weight is 170 g/mol. The van der Waals surface area contributed by atoms with Crippen LogP contribution in [0.5, 0.6) is 0 Å². The quantitative estimate of drug-likeness (QED) is 0.589. The molecule has 4 heteroatoms. The maximum atomic E-state index is 4.19. The first kappa shape index (κ1) is 6.54. The fraction of sp³-hybridized carbons (Fsp3) is 0. The summed E-state index contributed by atoms with van der Waals surface area (Å²) in [6.07, 6.45) is 7.01. The standard InChI is InChI=1S/C9H6N4/c1-2-8-9-7(4-10-6-11-8)5-12-13(9)3-1/h1-6H. The average Bonchev–Trinajstić information content (AvgIpc) is 2.44. The molecule has 62 valence electrons. The van der Waals surface area contributed by atoms with Crippen LogP contribution >= 0.6 is 0 Å². The summed E-state index contributed by atoms with van der Waals surface area (Å²) in [5.41, 5.74) is 2.93. The maximum absolute atomic E-state index is 4.19. The normalized spacial score (nSPS) is 13.5. The molecule has 0 saturated heterocycles. The third kappa shape index (κ3) is 0.823. The van der Waals surface area contributed by atoms with Crippen molar-refractivity contribution in [3.05, 3.63) is 30.1 Å². The molecule has 0 unspecified atom stereocenters. The van der Waals surface area contributed by atoms with Crippen molar-refractivity contribution in [3.8, 4) is 0 Å². The van der Waals surface area contributed by atoms with Crippen LogP contribution in [0.2, 0.25) is 0 Å². The molecular weight excluding hydrogens is 164 g/mol. The van der Waals surface area contributed by atoms with Gasteiger partial charge in [-0.2, -0.15) is 5.10 Å². The van der Waals surface area contributed by atoms with E-state index >= 15 is 0 Å². The van der Waals surface area contributed by atoms with E-state index < -0.39 is 0 Å². The summed E-state index contributed by atoms with van der Waals surface area (Å²) in [6, 6.07) is 3.87. The van der Waals surface area contributed by atoms with Crippen molar-refractivity contribution in [2.45, 2.75) is 0 Å². The molecule has 2 aromatic rings. The Kier molecular flexibility index (Phi) is 1.14. The van der Waals surface area contributed by atoms with Crippen LogP contribution in [0.15, 0.2) is 34.5 Å². The van der Waals surface area contributed by atoms with E-state index in [0.717, 1.165) is 16.8 Å². The van der Waals surface area contributed by atoms with Gasteiger partial charge in [0, 0.05) is 18.0 Å². The predicted octanol–water partition coefficient (Wildman–Crippen LogP) is 1.43. The fourth-order valence-electron chi connectivity index (χ4n) is 1.46. The summed E-state index contributed by atoms with van der Waals surface area (Å²) in [4.78, 5) is 8.21. The lowest BCUT2D eigenvalue weighted by atomic mass is 10.2. The van der Waals surface area contributed by atoms with E-state index in [0.29, 0.717) is 0 Å². The number of hydrogen-bond acceptors (Lipinski definition) is 3. The third-order valence-corrected chi connectivity index (χ3v) is 2.02. The van der Waals surface area contributed by atoms with E-state index in [1.807, 2.05) is 18.3 Å². The van der Waals surface area contributed by atoms with Gasteiger partial charge in [-0.25, -0.2) is 14.5 Å². The minimum atomic E-state index is 0.910. The van der Waals surface area contributed by atoms with Crippen LogP contribution in [0, 0.1) is 0 Å². The molecule has 0 bridgehead atoms. The summed E-state index contributed by atoms with van der Waals surface area (Å²) < 4.78 is 1.80. The third-order valence-electron chi connectivity index (χ3n) is 2.02. The minimum absolute atomic E-state index is 0.910. The molecule has 0 fully saturated rings. The van der Waals surface area contributed by atoms with Crippen LogP contribution in [0.3, 0.4) is 0 Å². The monoisotopic (exact) mass is 170 g/mol. The fourth-order valence-corrected chi connectivity index (χ4v) is 1.46. The molecule has 1 aliphatic heterocycles. The van der Waals surface area contributed by atoms with Gasteiger partial charge in [0.15, 0.2) is 0 Å². The first-order valence-electron chi connectivity index (χ1n) is 3.97. The van der Waals surface area contributed by atoms with Gasteiger partial charge in [0.25, 0.3) is 0 Å². The number of aromatic nitrogens is 2. The van der Waals surface area contributed by atoms with E-state index in [2.05, 4.69) is 15.1 Å². The highest BCUT2D eigenvalue weighted by Crippen LogP contribution is 2.23. The van der Waals surface area contributed by atoms with Crippen molar-refractivity contribution in [2.75, 3.05) is 0 Å². The highest BCUT2D eigenvalue weighted by atomic mass is 15.2. The molecule has 0 atom stereocenters. The van der Waals surface area contributed by atoms with E-state index in [1.165, 1.54) is 0 Å². The molecule has 0 N–H and O–H groups in total. The molecule has 3 heterocycles. The smallest absolute Gasteiger partial charge is 0.116 e. The van der Waals surface area contributed by atoms with Gasteiger partial charge in [-0.3, -0.25) is 0 Å². The Morgan fingerprint density at radius 3 is 3.31 bits per heavy atom. The van der Waals surface area contributed by atoms with E-state index in [4.69, 9.17) is 0 Å². The van der Waals surface area contributed by atoms with Crippen LogP contribution in [0.25, 0.3) is 5.52 Å². The van der Waals surface area contributed by atoms with E-state index in [-0.39, 0.29) is 0 Å². The molecule has 4 nitrogen and oxygen atoms in total. The molecule has 0 aromatic carbocycles. The lowest BCUT2D eigenvalue weighted by Crippen LogP contribution is -1.85. The Balaban J connectivity index is 2.56. The first-order chi connectivity index (χ1) is 6.45. The van der Waals surface area contributed by atoms with Gasteiger partial charge in [0.05, 0.1) is 11.9 Å². The van der Waals surface area contributed by atoms with Gasteiger partial charge in [0.1, 0.15) is 11.9 Å². The Morgan fingerprint density at radius 1 is 1.31 bits per heavy atom. The van der Waals surface area contributed by atoms with Gasteiger partial charge < -0.3 is 0 Å². The summed E-state index contributed by atoms with van der Waals surface area (Å²) in [5, 5.41) is 4.18. The predicted molar refractivity (Wildman–Crippen MR) is 50.9 cm³/mol. The summed E-state index contributed by atoms with van der Waals surface area (Å²) in [7, 11) is 0. The van der Waals surface area contributed by atoms with Crippen molar-refractivity contribution < 1.29 is 0 Å². The van der Waals surface area contributed by atoms with Gasteiger partial charge in [-0.05, 0) is 12.1 Å². The highest BCUT2D eigenvalue weighted by molar-refractivity contribution is 5.99. The molecule has 0 amide bonds. The van der Waals surface area contributed by atoms with Crippen LogP contribution < -0.4 is 0 Å². The van der Waals surface area contributed by atoms with Gasteiger partial charge in [-0.1, -0.05) is 0 Å². The van der Waals surface area contributed by atoms with Crippen molar-refractivity contribution in [3.63, 3.8) is 0 Å². The van der Waals surface area contributed by atoms with Crippen LogP contribution in [0.4, 0.5) is 5.69 Å².